The Morgan fingerprint density at radius 3 is 1.90 bits per heavy atom. The lowest BCUT2D eigenvalue weighted by atomic mass is 9.46. The summed E-state index contributed by atoms with van der Waals surface area (Å²) in [6.45, 7) is 3.98. The lowest BCUT2D eigenvalue weighted by molar-refractivity contribution is -0.158. The van der Waals surface area contributed by atoms with Gasteiger partial charge in [0.15, 0.2) is 0 Å². The molecule has 0 radical (unpaired) electrons. The lowest BCUT2D eigenvalue weighted by Gasteiger charge is -2.55. The van der Waals surface area contributed by atoms with Crippen LogP contribution >= 0.6 is 0 Å². The summed E-state index contributed by atoms with van der Waals surface area (Å²) in [6, 6.07) is 29.0. The van der Waals surface area contributed by atoms with Gasteiger partial charge in [0.05, 0.1) is 6.61 Å². The summed E-state index contributed by atoms with van der Waals surface area (Å²) in [7, 11) is 0. The zero-order chi connectivity index (χ0) is 21.1. The number of carbonyl (C=O) groups excluding carboxylic acids is 2. The van der Waals surface area contributed by atoms with E-state index in [9.17, 15) is 9.59 Å². The van der Waals surface area contributed by atoms with Crippen LogP contribution in [-0.2, 0) is 19.7 Å². The Balaban J connectivity index is 1.87. The van der Waals surface area contributed by atoms with Gasteiger partial charge in [0, 0.05) is 17.3 Å². The number of hydrogen-bond donors (Lipinski definition) is 0. The van der Waals surface area contributed by atoms with Crippen LogP contribution in [0.2, 0.25) is 0 Å². The molecule has 2 atom stereocenters. The number of hydrogen-bond acceptors (Lipinski definition) is 3. The minimum atomic E-state index is -0.727. The zero-order valence-corrected chi connectivity index (χ0v) is 17.4. The molecule has 0 unspecified atom stereocenters. The Kier molecular flexibility index (Phi) is 5.54. The van der Waals surface area contributed by atoms with Crippen molar-refractivity contribution in [2.45, 2.75) is 31.6 Å². The third-order valence-corrected chi connectivity index (χ3v) is 6.30. The first kappa shape index (κ1) is 20.1. The molecule has 0 aromatic heterocycles. The Bertz CT molecular complexity index is 983. The predicted octanol–water partition coefficient (Wildman–Crippen LogP) is 5.22. The van der Waals surface area contributed by atoms with E-state index in [1.165, 1.54) is 0 Å². The molecule has 1 aliphatic rings. The van der Waals surface area contributed by atoms with Gasteiger partial charge < -0.3 is 4.74 Å². The fraction of sp³-hybridized carbons (Fsp3) is 0.259. The van der Waals surface area contributed by atoms with Crippen LogP contribution in [0.4, 0.5) is 0 Å². The van der Waals surface area contributed by atoms with Crippen LogP contribution < -0.4 is 0 Å². The number of benzene rings is 3. The molecule has 1 saturated carbocycles. The average molecular weight is 399 g/mol. The lowest BCUT2D eigenvalue weighted by Crippen LogP contribution is -2.54. The molecule has 0 bridgehead atoms. The first-order chi connectivity index (χ1) is 14.6. The van der Waals surface area contributed by atoms with E-state index < -0.39 is 17.7 Å². The zero-order valence-electron chi connectivity index (χ0n) is 17.4. The van der Waals surface area contributed by atoms with Crippen LogP contribution in [0.25, 0.3) is 0 Å². The predicted molar refractivity (Wildman–Crippen MR) is 117 cm³/mol. The molecule has 0 amide bonds. The molecule has 0 N–H and O–H groups in total. The molecule has 152 valence electrons. The number of ether oxygens (including phenoxy) is 1. The number of aryl methyl sites for hydroxylation is 1. The van der Waals surface area contributed by atoms with Gasteiger partial charge in [-0.25, -0.2) is 4.79 Å². The first-order valence-corrected chi connectivity index (χ1v) is 10.5. The fourth-order valence-electron chi connectivity index (χ4n) is 4.90. The van der Waals surface area contributed by atoms with Gasteiger partial charge >= 0.3 is 5.97 Å². The second-order valence-electron chi connectivity index (χ2n) is 7.99. The van der Waals surface area contributed by atoms with Crippen LogP contribution in [0.15, 0.2) is 84.9 Å². The van der Waals surface area contributed by atoms with Gasteiger partial charge in [-0.1, -0.05) is 90.5 Å². The van der Waals surface area contributed by atoms with Gasteiger partial charge in [0.1, 0.15) is 0 Å². The highest BCUT2D eigenvalue weighted by Gasteiger charge is 2.59. The van der Waals surface area contributed by atoms with Crippen LogP contribution in [0, 0.1) is 12.8 Å². The molecule has 3 heteroatoms. The SMILES string of the molecule is CCOC(=O)C(=O)[C@@H]1CC(c2ccccc2)(c2ccccc2)[C@H]1c1ccc(C)cc1. The maximum atomic E-state index is 13.0. The topological polar surface area (TPSA) is 43.4 Å². The van der Waals surface area contributed by atoms with E-state index in [1.807, 2.05) is 43.3 Å². The molecule has 0 aliphatic heterocycles. The van der Waals surface area contributed by atoms with Crippen molar-refractivity contribution in [3.63, 3.8) is 0 Å². The summed E-state index contributed by atoms with van der Waals surface area (Å²) < 4.78 is 5.05. The summed E-state index contributed by atoms with van der Waals surface area (Å²) in [5.41, 5.74) is 4.19. The molecule has 3 aromatic carbocycles. The van der Waals surface area contributed by atoms with Crippen molar-refractivity contribution in [1.29, 1.82) is 0 Å². The molecule has 0 spiro atoms. The Morgan fingerprint density at radius 1 is 0.867 bits per heavy atom. The number of rotatable bonds is 6. The quantitative estimate of drug-likeness (QED) is 0.422. The molecule has 3 nitrogen and oxygen atoms in total. The maximum absolute atomic E-state index is 13.0. The maximum Gasteiger partial charge on any atom is 0.374 e. The molecule has 1 aliphatic carbocycles. The van der Waals surface area contributed by atoms with Crippen LogP contribution in [0.3, 0.4) is 0 Å². The highest BCUT2D eigenvalue weighted by Crippen LogP contribution is 2.61. The largest absolute Gasteiger partial charge is 0.460 e. The summed E-state index contributed by atoms with van der Waals surface area (Å²) in [5.74, 6) is -1.70. The van der Waals surface area contributed by atoms with Crippen molar-refractivity contribution in [1.82, 2.24) is 0 Å². The monoisotopic (exact) mass is 398 g/mol. The first-order valence-electron chi connectivity index (χ1n) is 10.5. The molecule has 0 heterocycles. The van der Waals surface area contributed by atoms with Crippen molar-refractivity contribution in [2.75, 3.05) is 6.61 Å². The van der Waals surface area contributed by atoms with Gasteiger partial charge in [0.2, 0.25) is 5.78 Å². The third kappa shape index (κ3) is 3.35. The second kappa shape index (κ2) is 8.27. The van der Waals surface area contributed by atoms with Crippen molar-refractivity contribution < 1.29 is 14.3 Å². The van der Waals surface area contributed by atoms with Crippen molar-refractivity contribution in [3.8, 4) is 0 Å². The van der Waals surface area contributed by atoms with E-state index in [4.69, 9.17) is 4.74 Å². The molecule has 0 saturated heterocycles. The average Bonchev–Trinajstić information content (AvgIpc) is 2.76. The van der Waals surface area contributed by atoms with Crippen molar-refractivity contribution in [3.05, 3.63) is 107 Å². The molecule has 1 fully saturated rings. The minimum Gasteiger partial charge on any atom is -0.460 e. The summed E-state index contributed by atoms with van der Waals surface area (Å²) >= 11 is 0. The van der Waals surface area contributed by atoms with Crippen LogP contribution in [-0.4, -0.2) is 18.4 Å². The minimum absolute atomic E-state index is 0.139. The molecule has 3 aromatic rings. The van der Waals surface area contributed by atoms with Gasteiger partial charge in [0.25, 0.3) is 0 Å². The second-order valence-corrected chi connectivity index (χ2v) is 7.99. The van der Waals surface area contributed by atoms with Gasteiger partial charge in [-0.3, -0.25) is 4.79 Å². The van der Waals surface area contributed by atoms with E-state index in [-0.39, 0.29) is 17.9 Å². The standard InChI is InChI=1S/C27H26O3/c1-3-30-26(29)25(28)23-18-27(21-10-6-4-7-11-21,22-12-8-5-9-13-22)24(23)20-16-14-19(2)15-17-20/h4-17,23-24H,3,18H2,1-2H3/t23-,24+/m1/s1. The van der Waals surface area contributed by atoms with E-state index in [2.05, 4.69) is 48.5 Å². The molecular formula is C27H26O3. The molecule has 4 rings (SSSR count). The number of esters is 1. The van der Waals surface area contributed by atoms with Crippen molar-refractivity contribution >= 4 is 11.8 Å². The van der Waals surface area contributed by atoms with Crippen LogP contribution in [0.1, 0.15) is 41.5 Å². The highest BCUT2D eigenvalue weighted by molar-refractivity contribution is 6.35. The van der Waals surface area contributed by atoms with E-state index in [0.717, 1.165) is 22.3 Å². The summed E-state index contributed by atoms with van der Waals surface area (Å²) in [4.78, 5) is 25.4. The summed E-state index contributed by atoms with van der Waals surface area (Å²) in [5, 5.41) is 0. The normalized spacial score (nSPS) is 19.5. The van der Waals surface area contributed by atoms with E-state index in [1.54, 1.807) is 6.92 Å². The van der Waals surface area contributed by atoms with Gasteiger partial charge in [-0.05, 0) is 37.0 Å². The van der Waals surface area contributed by atoms with Gasteiger partial charge in [-0.15, -0.1) is 0 Å². The smallest absolute Gasteiger partial charge is 0.374 e. The number of carbonyl (C=O) groups is 2. The highest BCUT2D eigenvalue weighted by atomic mass is 16.5. The Morgan fingerprint density at radius 2 is 1.40 bits per heavy atom. The number of ketones is 1. The van der Waals surface area contributed by atoms with Crippen molar-refractivity contribution in [2.24, 2.45) is 5.92 Å². The Hall–Kier alpha value is -3.20. The van der Waals surface area contributed by atoms with E-state index in [0.29, 0.717) is 6.42 Å². The molecule has 30 heavy (non-hydrogen) atoms. The molecular weight excluding hydrogens is 372 g/mol. The van der Waals surface area contributed by atoms with Gasteiger partial charge in [-0.2, -0.15) is 0 Å². The Labute approximate surface area is 177 Å². The summed E-state index contributed by atoms with van der Waals surface area (Å²) in [6.07, 6.45) is 0.581. The van der Waals surface area contributed by atoms with E-state index >= 15 is 0 Å². The fourth-order valence-corrected chi connectivity index (χ4v) is 4.90. The third-order valence-electron chi connectivity index (χ3n) is 6.30. The van der Waals surface area contributed by atoms with Crippen LogP contribution in [0.5, 0.6) is 0 Å². The number of Topliss-reactive ketones (excluding diaryl/α,β-unsaturated/α-hetero) is 1.